The minimum absolute atomic E-state index is 0.544. The number of hydrogen-bond acceptors (Lipinski definition) is 3. The smallest absolute Gasteiger partial charge is 0.423 e. The van der Waals surface area contributed by atoms with Crippen LogP contribution in [0.25, 0.3) is 11.1 Å². The third-order valence-electron chi connectivity index (χ3n) is 4.43. The van der Waals surface area contributed by atoms with Gasteiger partial charge in [0.05, 0.1) is 0 Å². The van der Waals surface area contributed by atoms with Gasteiger partial charge in [0.1, 0.15) is 6.29 Å². The van der Waals surface area contributed by atoms with E-state index < -0.39 is 7.12 Å². The number of carbonyl (C=O) groups excluding carboxylic acids is 1. The van der Waals surface area contributed by atoms with Gasteiger partial charge >= 0.3 is 7.12 Å². The third kappa shape index (κ3) is 6.21. The highest BCUT2D eigenvalue weighted by atomic mass is 16.4. The van der Waals surface area contributed by atoms with E-state index in [9.17, 15) is 4.79 Å². The summed E-state index contributed by atoms with van der Waals surface area (Å²) in [6, 6.07) is 23.4. The number of rotatable bonds is 5. The molecule has 3 rings (SSSR count). The molecule has 0 aliphatic carbocycles. The topological polar surface area (TPSA) is 57.5 Å². The second kappa shape index (κ2) is 10.5. The van der Waals surface area contributed by atoms with Crippen LogP contribution in [0, 0.1) is 0 Å². The Labute approximate surface area is 161 Å². The van der Waals surface area contributed by atoms with E-state index in [0.717, 1.165) is 24.7 Å². The van der Waals surface area contributed by atoms with Crippen LogP contribution in [-0.4, -0.2) is 23.5 Å². The molecule has 0 heterocycles. The van der Waals surface area contributed by atoms with E-state index in [2.05, 4.69) is 38.1 Å². The van der Waals surface area contributed by atoms with E-state index in [1.54, 1.807) is 12.1 Å². The van der Waals surface area contributed by atoms with Crippen LogP contribution in [0.4, 0.5) is 0 Å². The summed E-state index contributed by atoms with van der Waals surface area (Å²) in [5, 5.41) is 17.5. The Morgan fingerprint density at radius 3 is 1.48 bits per heavy atom. The van der Waals surface area contributed by atoms with Crippen molar-refractivity contribution >= 4 is 18.9 Å². The summed E-state index contributed by atoms with van der Waals surface area (Å²) >= 11 is 0. The van der Waals surface area contributed by atoms with Crippen molar-refractivity contribution in [1.82, 2.24) is 0 Å². The van der Waals surface area contributed by atoms with Crippen molar-refractivity contribution in [3.05, 3.63) is 89.5 Å². The molecule has 0 amide bonds. The molecule has 3 aromatic carbocycles. The van der Waals surface area contributed by atoms with Crippen LogP contribution in [0.15, 0.2) is 72.8 Å². The molecule has 0 aliphatic heterocycles. The lowest BCUT2D eigenvalue weighted by molar-refractivity contribution is 0.112. The van der Waals surface area contributed by atoms with Crippen LogP contribution in [0.1, 0.15) is 35.3 Å². The van der Waals surface area contributed by atoms with Crippen molar-refractivity contribution in [2.75, 3.05) is 0 Å². The molecule has 0 fully saturated rings. The maximum absolute atomic E-state index is 10.5. The summed E-state index contributed by atoms with van der Waals surface area (Å²) < 4.78 is 0. The third-order valence-corrected chi connectivity index (χ3v) is 4.43. The van der Waals surface area contributed by atoms with Gasteiger partial charge in [-0.1, -0.05) is 86.6 Å². The number of carbonyl (C=O) groups is 1. The first-order valence-electron chi connectivity index (χ1n) is 9.16. The first kappa shape index (κ1) is 20.6. The van der Waals surface area contributed by atoms with Gasteiger partial charge in [-0.15, -0.1) is 0 Å². The molecular weight excluding hydrogens is 335 g/mol. The molecule has 4 heteroatoms. The molecule has 0 aromatic heterocycles. The first-order chi connectivity index (χ1) is 13.1. The van der Waals surface area contributed by atoms with Gasteiger partial charge in [-0.25, -0.2) is 0 Å². The van der Waals surface area contributed by atoms with E-state index in [1.807, 2.05) is 36.4 Å². The Balaban J connectivity index is 0.000000208. The summed E-state index contributed by atoms with van der Waals surface area (Å²) in [5.41, 5.74) is 6.14. The Bertz CT molecular complexity index is 823. The highest BCUT2D eigenvalue weighted by molar-refractivity contribution is 6.58. The van der Waals surface area contributed by atoms with Gasteiger partial charge < -0.3 is 10.0 Å². The van der Waals surface area contributed by atoms with Crippen molar-refractivity contribution in [3.8, 4) is 11.1 Å². The predicted octanol–water partition coefficient (Wildman–Crippen LogP) is 3.66. The normalized spacial score (nSPS) is 9.93. The molecule has 0 saturated carbocycles. The second-order valence-corrected chi connectivity index (χ2v) is 6.26. The molecule has 3 nitrogen and oxygen atoms in total. The Morgan fingerprint density at radius 2 is 1.11 bits per heavy atom. The maximum atomic E-state index is 10.5. The molecule has 138 valence electrons. The zero-order valence-electron chi connectivity index (χ0n) is 15.8. The average molecular weight is 360 g/mol. The van der Waals surface area contributed by atoms with Crippen molar-refractivity contribution in [2.45, 2.75) is 26.7 Å². The molecular formula is C23H25BO3. The minimum atomic E-state index is -1.35. The quantitative estimate of drug-likeness (QED) is 0.539. The van der Waals surface area contributed by atoms with Gasteiger partial charge in [0.2, 0.25) is 0 Å². The van der Waals surface area contributed by atoms with Crippen LogP contribution >= 0.6 is 0 Å². The van der Waals surface area contributed by atoms with E-state index in [1.165, 1.54) is 16.7 Å². The Kier molecular flexibility index (Phi) is 7.99. The van der Waals surface area contributed by atoms with E-state index in [-0.39, 0.29) is 0 Å². The van der Waals surface area contributed by atoms with Gasteiger partial charge in [-0.3, -0.25) is 4.79 Å². The lowest BCUT2D eigenvalue weighted by Crippen LogP contribution is -2.29. The molecule has 3 aromatic rings. The van der Waals surface area contributed by atoms with Gasteiger partial charge in [-0.05, 0) is 40.6 Å². The van der Waals surface area contributed by atoms with Crippen LogP contribution in [0.5, 0.6) is 0 Å². The number of aryl methyl sites for hydroxylation is 2. The van der Waals surface area contributed by atoms with Crippen LogP contribution in [0.3, 0.4) is 0 Å². The predicted molar refractivity (Wildman–Crippen MR) is 112 cm³/mol. The first-order valence-corrected chi connectivity index (χ1v) is 9.16. The summed E-state index contributed by atoms with van der Waals surface area (Å²) in [4.78, 5) is 10.5. The summed E-state index contributed by atoms with van der Waals surface area (Å²) in [7, 11) is -1.35. The summed E-state index contributed by atoms with van der Waals surface area (Å²) in [6.07, 6.45) is 2.90. The molecule has 2 N–H and O–H groups in total. The zero-order chi connectivity index (χ0) is 19.6. The van der Waals surface area contributed by atoms with Crippen molar-refractivity contribution in [1.29, 1.82) is 0 Å². The van der Waals surface area contributed by atoms with Crippen molar-refractivity contribution in [2.24, 2.45) is 0 Å². The average Bonchev–Trinajstić information content (AvgIpc) is 2.74. The van der Waals surface area contributed by atoms with Gasteiger partial charge in [0.25, 0.3) is 0 Å². The van der Waals surface area contributed by atoms with Crippen molar-refractivity contribution in [3.63, 3.8) is 0 Å². The molecule has 0 spiro atoms. The van der Waals surface area contributed by atoms with E-state index in [0.29, 0.717) is 11.0 Å². The van der Waals surface area contributed by atoms with Crippen molar-refractivity contribution < 1.29 is 14.8 Å². The monoisotopic (exact) mass is 360 g/mol. The summed E-state index contributed by atoms with van der Waals surface area (Å²) in [6.45, 7) is 4.21. The number of aldehydes is 1. The maximum Gasteiger partial charge on any atom is 0.488 e. The van der Waals surface area contributed by atoms with Crippen LogP contribution in [0.2, 0.25) is 0 Å². The molecule has 0 radical (unpaired) electrons. The largest absolute Gasteiger partial charge is 0.488 e. The standard InChI is InChI=1S/C15H14O.C8H11BO2/c1-2-12-3-7-14(8-4-12)15-9-5-13(11-16)6-10-15;1-2-7-3-5-8(6-4-7)9(10)11/h3-11H,2H2,1H3;3-6,10-11H,2H2,1H3. The minimum Gasteiger partial charge on any atom is -0.423 e. The fraction of sp³-hybridized carbons (Fsp3) is 0.174. The lowest BCUT2D eigenvalue weighted by atomic mass is 9.80. The van der Waals surface area contributed by atoms with E-state index in [4.69, 9.17) is 10.0 Å². The molecule has 0 atom stereocenters. The van der Waals surface area contributed by atoms with Crippen LogP contribution < -0.4 is 5.46 Å². The highest BCUT2D eigenvalue weighted by Gasteiger charge is 2.08. The van der Waals surface area contributed by atoms with Crippen LogP contribution in [-0.2, 0) is 12.8 Å². The van der Waals surface area contributed by atoms with Gasteiger partial charge in [-0.2, -0.15) is 0 Å². The molecule has 0 unspecified atom stereocenters. The highest BCUT2D eigenvalue weighted by Crippen LogP contribution is 2.20. The Hall–Kier alpha value is -2.69. The van der Waals surface area contributed by atoms with Gasteiger partial charge in [0.15, 0.2) is 0 Å². The summed E-state index contributed by atoms with van der Waals surface area (Å²) in [5.74, 6) is 0. The zero-order valence-corrected chi connectivity index (χ0v) is 15.8. The fourth-order valence-electron chi connectivity index (χ4n) is 2.61. The second-order valence-electron chi connectivity index (χ2n) is 6.26. The Morgan fingerprint density at radius 1 is 0.704 bits per heavy atom. The fourth-order valence-corrected chi connectivity index (χ4v) is 2.61. The number of benzene rings is 3. The van der Waals surface area contributed by atoms with E-state index >= 15 is 0 Å². The molecule has 27 heavy (non-hydrogen) atoms. The molecule has 0 bridgehead atoms. The molecule has 0 saturated heterocycles. The van der Waals surface area contributed by atoms with Gasteiger partial charge in [0, 0.05) is 5.56 Å². The SMILES string of the molecule is CCc1ccc(-c2ccc(C=O)cc2)cc1.CCc1ccc(B(O)O)cc1. The lowest BCUT2D eigenvalue weighted by Gasteiger charge is -2.03. The number of hydrogen-bond donors (Lipinski definition) is 2. The molecule has 0 aliphatic rings.